The van der Waals surface area contributed by atoms with Gasteiger partial charge in [-0.15, -0.1) is 0 Å². The molecular weight excluding hydrogens is 370 g/mol. The number of carbonyl (C=O) groups excluding carboxylic acids is 1. The molecule has 1 fully saturated rings. The van der Waals surface area contributed by atoms with E-state index in [1.807, 2.05) is 13.8 Å². The van der Waals surface area contributed by atoms with Crippen molar-refractivity contribution < 1.29 is 17.9 Å². The second kappa shape index (κ2) is 6.05. The van der Waals surface area contributed by atoms with Crippen LogP contribution in [0.2, 0.25) is 0 Å². The number of H-pyrrole nitrogens is 1. The lowest BCUT2D eigenvalue weighted by Crippen LogP contribution is -2.29. The van der Waals surface area contributed by atoms with Crippen molar-refractivity contribution >= 4 is 15.8 Å². The number of rotatable bonds is 2. The van der Waals surface area contributed by atoms with E-state index in [-0.39, 0.29) is 35.3 Å². The summed E-state index contributed by atoms with van der Waals surface area (Å²) >= 11 is 0. The number of aromatic nitrogens is 3. The van der Waals surface area contributed by atoms with Crippen molar-refractivity contribution in [1.82, 2.24) is 14.8 Å². The summed E-state index contributed by atoms with van der Waals surface area (Å²) in [5.41, 5.74) is 3.05. The standard InChI is InChI=1S/C18H21N3O5S/c1-9-6-14-17(18(23)19-9)13(7-15(22)26-14)16-10(2)20-21(11(16)3)12-4-5-27(24,25)8-12/h6,12-13H,4-5,7-8H2,1-3H3,(H,19,23)/t12-,13-/m0/s1. The van der Waals surface area contributed by atoms with Gasteiger partial charge in [-0.25, -0.2) is 8.42 Å². The molecule has 4 rings (SSSR count). The van der Waals surface area contributed by atoms with Crippen LogP contribution in [-0.2, 0) is 14.6 Å². The Kier molecular flexibility index (Phi) is 4.03. The van der Waals surface area contributed by atoms with Gasteiger partial charge in [0.05, 0.1) is 35.2 Å². The van der Waals surface area contributed by atoms with Gasteiger partial charge in [-0.05, 0) is 27.2 Å². The van der Waals surface area contributed by atoms with Crippen molar-refractivity contribution in [1.29, 1.82) is 0 Å². The third-order valence-corrected chi connectivity index (χ3v) is 7.15. The number of nitrogens with zero attached hydrogens (tertiary/aromatic N) is 2. The van der Waals surface area contributed by atoms with Gasteiger partial charge in [0.2, 0.25) is 0 Å². The van der Waals surface area contributed by atoms with Gasteiger partial charge in [0.15, 0.2) is 9.84 Å². The van der Waals surface area contributed by atoms with Crippen LogP contribution in [0, 0.1) is 20.8 Å². The van der Waals surface area contributed by atoms with Gasteiger partial charge in [0, 0.05) is 28.9 Å². The summed E-state index contributed by atoms with van der Waals surface area (Å²) in [7, 11) is -3.05. The maximum atomic E-state index is 12.6. The van der Waals surface area contributed by atoms with E-state index in [1.54, 1.807) is 17.7 Å². The Morgan fingerprint density at radius 3 is 2.63 bits per heavy atom. The van der Waals surface area contributed by atoms with E-state index < -0.39 is 21.7 Å². The number of aromatic amines is 1. The first-order valence-corrected chi connectivity index (χ1v) is 10.7. The van der Waals surface area contributed by atoms with E-state index in [0.29, 0.717) is 23.4 Å². The minimum Gasteiger partial charge on any atom is -0.426 e. The fraction of sp³-hybridized carbons (Fsp3) is 0.500. The largest absolute Gasteiger partial charge is 0.426 e. The first-order chi connectivity index (χ1) is 12.7. The molecule has 0 aromatic carbocycles. The molecule has 4 heterocycles. The van der Waals surface area contributed by atoms with Crippen molar-refractivity contribution in [3.05, 3.63) is 44.6 Å². The minimum absolute atomic E-state index is 0.0511. The number of aryl methyl sites for hydroxylation is 2. The summed E-state index contributed by atoms with van der Waals surface area (Å²) in [4.78, 5) is 27.5. The maximum absolute atomic E-state index is 12.6. The fourth-order valence-electron chi connectivity index (χ4n) is 4.27. The van der Waals surface area contributed by atoms with E-state index in [9.17, 15) is 18.0 Å². The zero-order valence-electron chi connectivity index (χ0n) is 15.4. The molecule has 8 nitrogen and oxygen atoms in total. The van der Waals surface area contributed by atoms with E-state index in [2.05, 4.69) is 10.1 Å². The SMILES string of the molecule is Cc1cc2c(c(=O)[nH]1)[C@H](c1c(C)nn([C@H]3CCS(=O)(=O)C3)c1C)CC(=O)O2. The highest BCUT2D eigenvalue weighted by Gasteiger charge is 2.37. The molecule has 0 radical (unpaired) electrons. The third-order valence-electron chi connectivity index (χ3n) is 5.40. The second-order valence-electron chi connectivity index (χ2n) is 7.38. The lowest BCUT2D eigenvalue weighted by Gasteiger charge is -2.24. The Morgan fingerprint density at radius 1 is 1.22 bits per heavy atom. The van der Waals surface area contributed by atoms with Gasteiger partial charge in [0.25, 0.3) is 5.56 Å². The van der Waals surface area contributed by atoms with Crippen LogP contribution in [0.3, 0.4) is 0 Å². The molecule has 2 aliphatic rings. The molecule has 0 aliphatic carbocycles. The van der Waals surface area contributed by atoms with Gasteiger partial charge in [-0.1, -0.05) is 0 Å². The van der Waals surface area contributed by atoms with Gasteiger partial charge in [-0.3, -0.25) is 14.3 Å². The van der Waals surface area contributed by atoms with Crippen molar-refractivity contribution in [3.8, 4) is 5.75 Å². The van der Waals surface area contributed by atoms with Crippen molar-refractivity contribution in [3.63, 3.8) is 0 Å². The van der Waals surface area contributed by atoms with Crippen LogP contribution in [0.4, 0.5) is 0 Å². The van der Waals surface area contributed by atoms with Crippen LogP contribution in [0.1, 0.15) is 53.0 Å². The van der Waals surface area contributed by atoms with Gasteiger partial charge in [-0.2, -0.15) is 5.10 Å². The predicted octanol–water partition coefficient (Wildman–Crippen LogP) is 1.30. The van der Waals surface area contributed by atoms with Gasteiger partial charge in [0.1, 0.15) is 5.75 Å². The van der Waals surface area contributed by atoms with Crippen LogP contribution < -0.4 is 10.3 Å². The molecule has 27 heavy (non-hydrogen) atoms. The first-order valence-electron chi connectivity index (χ1n) is 8.87. The predicted molar refractivity (Wildman–Crippen MR) is 97.9 cm³/mol. The number of nitrogens with one attached hydrogen (secondary N) is 1. The maximum Gasteiger partial charge on any atom is 0.312 e. The van der Waals surface area contributed by atoms with E-state index in [0.717, 1.165) is 11.3 Å². The Morgan fingerprint density at radius 2 is 1.96 bits per heavy atom. The molecule has 2 aromatic rings. The zero-order chi connectivity index (χ0) is 19.5. The van der Waals surface area contributed by atoms with E-state index in [1.165, 1.54) is 0 Å². The number of carbonyl (C=O) groups is 1. The highest BCUT2D eigenvalue weighted by Crippen LogP contribution is 2.40. The molecule has 0 amide bonds. The molecule has 144 valence electrons. The van der Waals surface area contributed by atoms with Crippen molar-refractivity contribution in [2.75, 3.05) is 11.5 Å². The molecule has 2 aromatic heterocycles. The lowest BCUT2D eigenvalue weighted by molar-refractivity contribution is -0.135. The summed E-state index contributed by atoms with van der Waals surface area (Å²) in [6, 6.07) is 1.44. The van der Waals surface area contributed by atoms with E-state index in [4.69, 9.17) is 4.74 Å². The van der Waals surface area contributed by atoms with Crippen LogP contribution in [0.5, 0.6) is 5.75 Å². The topological polar surface area (TPSA) is 111 Å². The number of hydrogen-bond acceptors (Lipinski definition) is 6. The summed E-state index contributed by atoms with van der Waals surface area (Å²) in [5.74, 6) is -0.349. The van der Waals surface area contributed by atoms with Gasteiger partial charge < -0.3 is 9.72 Å². The number of sulfone groups is 1. The number of esters is 1. The molecule has 0 saturated carbocycles. The lowest BCUT2D eigenvalue weighted by atomic mass is 9.85. The molecule has 2 aliphatic heterocycles. The number of fused-ring (bicyclic) bond motifs is 1. The Bertz CT molecular complexity index is 1110. The van der Waals surface area contributed by atoms with Gasteiger partial charge >= 0.3 is 5.97 Å². The Hall–Kier alpha value is -2.42. The van der Waals surface area contributed by atoms with Crippen molar-refractivity contribution in [2.24, 2.45) is 0 Å². The molecule has 0 bridgehead atoms. The van der Waals surface area contributed by atoms with Crippen LogP contribution in [0.15, 0.2) is 10.9 Å². The quantitative estimate of drug-likeness (QED) is 0.773. The monoisotopic (exact) mass is 391 g/mol. The first kappa shape index (κ1) is 18.0. The minimum atomic E-state index is -3.05. The molecule has 9 heteroatoms. The number of ether oxygens (including phenoxy) is 1. The summed E-state index contributed by atoms with van der Waals surface area (Å²) in [5, 5.41) is 4.57. The molecule has 2 atom stereocenters. The third kappa shape index (κ3) is 2.99. The summed E-state index contributed by atoms with van der Waals surface area (Å²) in [6.45, 7) is 5.42. The van der Waals surface area contributed by atoms with E-state index >= 15 is 0 Å². The highest BCUT2D eigenvalue weighted by atomic mass is 32.2. The normalized spacial score (nSPS) is 23.9. The van der Waals surface area contributed by atoms with Crippen LogP contribution in [0.25, 0.3) is 0 Å². The molecule has 1 saturated heterocycles. The summed E-state index contributed by atoms with van der Waals surface area (Å²) < 4.78 is 30.7. The number of pyridine rings is 1. The molecule has 0 spiro atoms. The van der Waals surface area contributed by atoms with Crippen LogP contribution in [-0.4, -0.2) is 40.7 Å². The smallest absolute Gasteiger partial charge is 0.312 e. The molecule has 0 unspecified atom stereocenters. The molecular formula is C18H21N3O5S. The Balaban J connectivity index is 1.84. The molecule has 1 N–H and O–H groups in total. The van der Waals surface area contributed by atoms with Crippen LogP contribution >= 0.6 is 0 Å². The number of hydrogen-bond donors (Lipinski definition) is 1. The second-order valence-corrected chi connectivity index (χ2v) is 9.60. The average Bonchev–Trinajstić information content (AvgIpc) is 3.04. The average molecular weight is 391 g/mol. The van der Waals surface area contributed by atoms with Crippen molar-refractivity contribution in [2.45, 2.75) is 45.6 Å². The highest BCUT2D eigenvalue weighted by molar-refractivity contribution is 7.91. The fourth-order valence-corrected chi connectivity index (χ4v) is 5.96. The zero-order valence-corrected chi connectivity index (χ0v) is 16.2. The Labute approximate surface area is 156 Å². The summed E-state index contributed by atoms with van der Waals surface area (Å²) in [6.07, 6.45) is 0.572.